The minimum absolute atomic E-state index is 0.331. The number of methoxy groups -OCH3 is 2. The highest BCUT2D eigenvalue weighted by Gasteiger charge is 2.23. The van der Waals surface area contributed by atoms with Crippen molar-refractivity contribution in [2.45, 2.75) is 12.7 Å². The van der Waals surface area contributed by atoms with Gasteiger partial charge in [-0.2, -0.15) is 0 Å². The van der Waals surface area contributed by atoms with Gasteiger partial charge in [0.2, 0.25) is 0 Å². The topological polar surface area (TPSA) is 56.4 Å². The maximum absolute atomic E-state index is 6.05. The van der Waals surface area contributed by atoms with E-state index < -0.39 is 0 Å². The van der Waals surface area contributed by atoms with Gasteiger partial charge >= 0.3 is 0 Å². The van der Waals surface area contributed by atoms with Crippen molar-refractivity contribution >= 4 is 22.6 Å². The molecule has 4 rings (SSSR count). The second-order valence-electron chi connectivity index (χ2n) is 6.55. The Balaban J connectivity index is 1.67. The summed E-state index contributed by atoms with van der Waals surface area (Å²) in [6.45, 7) is 0.408. The van der Waals surface area contributed by atoms with E-state index >= 15 is 0 Å². The molecule has 2 aromatic carbocycles. The normalized spacial score (nSPS) is 12.1. The first kappa shape index (κ1) is 19.3. The standard InChI is InChI=1S/C23H21ClN2O3/c1-27-21(19-13-26-23-17(19)6-4-12-25-23)18-5-3-7-20(22(18)28-2)29-14-15-8-10-16(24)11-9-15/h3-13,21H,14H2,1-2H3,(H,25,26). The van der Waals surface area contributed by atoms with Crippen molar-refractivity contribution in [2.75, 3.05) is 14.2 Å². The van der Waals surface area contributed by atoms with Crippen molar-refractivity contribution < 1.29 is 14.2 Å². The van der Waals surface area contributed by atoms with Gasteiger partial charge in [0.25, 0.3) is 0 Å². The van der Waals surface area contributed by atoms with Crippen LogP contribution in [0.4, 0.5) is 0 Å². The molecule has 2 aromatic heterocycles. The van der Waals surface area contributed by atoms with E-state index in [4.69, 9.17) is 25.8 Å². The molecule has 0 saturated heterocycles. The zero-order chi connectivity index (χ0) is 20.2. The quantitative estimate of drug-likeness (QED) is 0.436. The van der Waals surface area contributed by atoms with Gasteiger partial charge in [-0.1, -0.05) is 35.9 Å². The van der Waals surface area contributed by atoms with Crippen molar-refractivity contribution in [3.05, 3.63) is 88.7 Å². The lowest BCUT2D eigenvalue weighted by atomic mass is 10.00. The number of benzene rings is 2. The fraction of sp³-hybridized carbons (Fsp3) is 0.174. The third kappa shape index (κ3) is 3.92. The van der Waals surface area contributed by atoms with Crippen LogP contribution in [-0.4, -0.2) is 24.2 Å². The van der Waals surface area contributed by atoms with Crippen LogP contribution >= 0.6 is 11.6 Å². The second kappa shape index (κ2) is 8.55. The maximum atomic E-state index is 6.05. The Morgan fingerprint density at radius 3 is 2.59 bits per heavy atom. The van der Waals surface area contributed by atoms with Gasteiger partial charge in [-0.25, -0.2) is 4.98 Å². The summed E-state index contributed by atoms with van der Waals surface area (Å²) in [5, 5.41) is 1.71. The fourth-order valence-electron chi connectivity index (χ4n) is 3.43. The number of rotatable bonds is 7. The summed E-state index contributed by atoms with van der Waals surface area (Å²) < 4.78 is 17.6. The molecule has 1 atom stereocenters. The summed E-state index contributed by atoms with van der Waals surface area (Å²) >= 11 is 5.96. The van der Waals surface area contributed by atoms with Crippen molar-refractivity contribution in [3.8, 4) is 11.5 Å². The summed E-state index contributed by atoms with van der Waals surface area (Å²) in [6.07, 6.45) is 3.35. The monoisotopic (exact) mass is 408 g/mol. The third-order valence-electron chi connectivity index (χ3n) is 4.80. The summed E-state index contributed by atoms with van der Waals surface area (Å²) in [5.41, 5.74) is 3.71. The Hall–Kier alpha value is -3.02. The van der Waals surface area contributed by atoms with Crippen LogP contribution in [0.3, 0.4) is 0 Å². The fourth-order valence-corrected chi connectivity index (χ4v) is 3.55. The van der Waals surface area contributed by atoms with Crippen LogP contribution in [0.25, 0.3) is 11.0 Å². The van der Waals surface area contributed by atoms with Crippen LogP contribution in [0, 0.1) is 0 Å². The van der Waals surface area contributed by atoms with Gasteiger partial charge in [0.1, 0.15) is 18.4 Å². The molecular formula is C23H21ClN2O3. The van der Waals surface area contributed by atoms with E-state index in [0.717, 1.165) is 27.7 Å². The SMILES string of the molecule is COc1c(OCc2ccc(Cl)cc2)cccc1C(OC)c1c[nH]c2ncccc12. The van der Waals surface area contributed by atoms with Gasteiger partial charge in [-0.05, 0) is 35.9 Å². The number of pyridine rings is 1. The smallest absolute Gasteiger partial charge is 0.166 e. The summed E-state index contributed by atoms with van der Waals surface area (Å²) in [4.78, 5) is 7.57. The predicted molar refractivity (Wildman–Crippen MR) is 114 cm³/mol. The number of aromatic nitrogens is 2. The van der Waals surface area contributed by atoms with E-state index in [9.17, 15) is 0 Å². The lowest BCUT2D eigenvalue weighted by molar-refractivity contribution is 0.134. The van der Waals surface area contributed by atoms with Crippen LogP contribution in [0.2, 0.25) is 5.02 Å². The van der Waals surface area contributed by atoms with Gasteiger partial charge in [0.15, 0.2) is 11.5 Å². The minimum Gasteiger partial charge on any atom is -0.492 e. The lowest BCUT2D eigenvalue weighted by Crippen LogP contribution is -2.07. The molecule has 0 aliphatic rings. The summed E-state index contributed by atoms with van der Waals surface area (Å²) in [5.74, 6) is 1.30. The molecule has 29 heavy (non-hydrogen) atoms. The summed E-state index contributed by atoms with van der Waals surface area (Å²) in [6, 6.07) is 17.3. The molecule has 0 fully saturated rings. The number of fused-ring (bicyclic) bond motifs is 1. The van der Waals surface area contributed by atoms with Crippen molar-refractivity contribution in [3.63, 3.8) is 0 Å². The third-order valence-corrected chi connectivity index (χ3v) is 5.06. The van der Waals surface area contributed by atoms with Crippen LogP contribution < -0.4 is 9.47 Å². The van der Waals surface area contributed by atoms with Gasteiger partial charge < -0.3 is 19.2 Å². The highest BCUT2D eigenvalue weighted by molar-refractivity contribution is 6.30. The Morgan fingerprint density at radius 1 is 1.00 bits per heavy atom. The number of halogens is 1. The average molecular weight is 409 g/mol. The van der Waals surface area contributed by atoms with Crippen molar-refractivity contribution in [1.29, 1.82) is 0 Å². The first-order valence-corrected chi connectivity index (χ1v) is 9.58. The van der Waals surface area contributed by atoms with Crippen LogP contribution in [-0.2, 0) is 11.3 Å². The number of nitrogens with one attached hydrogen (secondary N) is 1. The first-order chi connectivity index (χ1) is 14.2. The van der Waals surface area contributed by atoms with E-state index in [1.165, 1.54) is 0 Å². The molecule has 1 N–H and O–H groups in total. The van der Waals surface area contributed by atoms with Crippen molar-refractivity contribution in [1.82, 2.24) is 9.97 Å². The molecule has 0 saturated carbocycles. The number of aromatic amines is 1. The largest absolute Gasteiger partial charge is 0.492 e. The Bertz CT molecular complexity index is 1110. The molecule has 6 heteroatoms. The summed E-state index contributed by atoms with van der Waals surface area (Å²) in [7, 11) is 3.32. The van der Waals surface area contributed by atoms with Crippen LogP contribution in [0.1, 0.15) is 22.8 Å². The highest BCUT2D eigenvalue weighted by atomic mass is 35.5. The van der Waals surface area contributed by atoms with Crippen LogP contribution in [0.15, 0.2) is 67.0 Å². The Morgan fingerprint density at radius 2 is 1.83 bits per heavy atom. The van der Waals surface area contributed by atoms with Gasteiger partial charge in [0, 0.05) is 41.0 Å². The molecule has 5 nitrogen and oxygen atoms in total. The maximum Gasteiger partial charge on any atom is 0.166 e. The van der Waals surface area contributed by atoms with Crippen molar-refractivity contribution in [2.24, 2.45) is 0 Å². The van der Waals surface area contributed by atoms with E-state index in [2.05, 4.69) is 9.97 Å². The second-order valence-corrected chi connectivity index (χ2v) is 6.99. The molecule has 4 aromatic rings. The first-order valence-electron chi connectivity index (χ1n) is 9.20. The predicted octanol–water partition coefficient (Wildman–Crippen LogP) is 5.54. The molecular weight excluding hydrogens is 388 g/mol. The van der Waals surface area contributed by atoms with E-state index in [0.29, 0.717) is 23.1 Å². The molecule has 0 bridgehead atoms. The molecule has 0 radical (unpaired) electrons. The molecule has 1 unspecified atom stereocenters. The zero-order valence-electron chi connectivity index (χ0n) is 16.2. The van der Waals surface area contributed by atoms with Gasteiger partial charge in [0.05, 0.1) is 7.11 Å². The van der Waals surface area contributed by atoms with E-state index in [1.54, 1.807) is 20.4 Å². The minimum atomic E-state index is -0.331. The number of ether oxygens (including phenoxy) is 3. The van der Waals surface area contributed by atoms with Crippen LogP contribution in [0.5, 0.6) is 11.5 Å². The molecule has 148 valence electrons. The molecule has 0 spiro atoms. The van der Waals surface area contributed by atoms with E-state index in [-0.39, 0.29) is 6.10 Å². The molecule has 2 heterocycles. The number of H-pyrrole nitrogens is 1. The molecule has 0 aliphatic heterocycles. The number of hydrogen-bond acceptors (Lipinski definition) is 4. The van der Waals surface area contributed by atoms with Gasteiger partial charge in [-0.3, -0.25) is 0 Å². The van der Waals surface area contributed by atoms with E-state index in [1.807, 2.05) is 60.8 Å². The Labute approximate surface area is 174 Å². The zero-order valence-corrected chi connectivity index (χ0v) is 16.9. The number of nitrogens with zero attached hydrogens (tertiary/aromatic N) is 1. The molecule has 0 amide bonds. The lowest BCUT2D eigenvalue weighted by Gasteiger charge is -2.20. The number of hydrogen-bond donors (Lipinski definition) is 1. The van der Waals surface area contributed by atoms with Gasteiger partial charge in [-0.15, -0.1) is 0 Å². The average Bonchev–Trinajstić information content (AvgIpc) is 3.18. The number of para-hydroxylation sites is 1. The molecule has 0 aliphatic carbocycles. The highest BCUT2D eigenvalue weighted by Crippen LogP contribution is 2.40. The Kier molecular flexibility index (Phi) is 5.69.